The number of benzene rings is 1. The van der Waals surface area contributed by atoms with Crippen LogP contribution in [-0.4, -0.2) is 32.3 Å². The van der Waals surface area contributed by atoms with Crippen LogP contribution in [0.2, 0.25) is 0 Å². The van der Waals surface area contributed by atoms with Crippen molar-refractivity contribution in [1.29, 1.82) is 0 Å². The van der Waals surface area contributed by atoms with Gasteiger partial charge in [-0.1, -0.05) is 6.58 Å². The van der Waals surface area contributed by atoms with Crippen LogP contribution in [0.25, 0.3) is 0 Å². The van der Waals surface area contributed by atoms with Gasteiger partial charge in [0.05, 0.1) is 18.8 Å². The third-order valence-corrected chi connectivity index (χ3v) is 2.87. The second kappa shape index (κ2) is 8.79. The van der Waals surface area contributed by atoms with E-state index >= 15 is 0 Å². The third kappa shape index (κ3) is 6.12. The fourth-order valence-electron chi connectivity index (χ4n) is 1.82. The van der Waals surface area contributed by atoms with Crippen LogP contribution in [0.3, 0.4) is 0 Å². The summed E-state index contributed by atoms with van der Waals surface area (Å²) in [5, 5.41) is 6.01. The molecule has 0 aliphatic heterocycles. The summed E-state index contributed by atoms with van der Waals surface area (Å²) in [6.45, 7) is 8.64. The van der Waals surface area contributed by atoms with Crippen molar-refractivity contribution in [1.82, 2.24) is 10.6 Å². The topological polar surface area (TPSA) is 62.7 Å². The molecular formula is C16H23N3O2. The minimum absolute atomic E-state index is 0.0740. The lowest BCUT2D eigenvalue weighted by Crippen LogP contribution is -2.26. The van der Waals surface area contributed by atoms with Crippen molar-refractivity contribution in [3.8, 4) is 5.75 Å². The molecule has 0 atom stereocenters. The monoisotopic (exact) mass is 289 g/mol. The molecule has 5 heteroatoms. The zero-order chi connectivity index (χ0) is 15.7. The summed E-state index contributed by atoms with van der Waals surface area (Å²) in [6.07, 6.45) is 2.42. The van der Waals surface area contributed by atoms with Crippen molar-refractivity contribution in [2.45, 2.75) is 20.3 Å². The summed E-state index contributed by atoms with van der Waals surface area (Å²) >= 11 is 0. The van der Waals surface area contributed by atoms with Crippen LogP contribution in [0.5, 0.6) is 5.75 Å². The number of hydrogen-bond donors (Lipinski definition) is 2. The summed E-state index contributed by atoms with van der Waals surface area (Å²) in [4.78, 5) is 15.1. The quantitative estimate of drug-likeness (QED) is 0.317. The van der Waals surface area contributed by atoms with Crippen LogP contribution < -0.4 is 15.4 Å². The molecule has 2 N–H and O–H groups in total. The fourth-order valence-corrected chi connectivity index (χ4v) is 1.82. The van der Waals surface area contributed by atoms with Gasteiger partial charge in [0.25, 0.3) is 0 Å². The number of Topliss-reactive ketones (excluding diaryl/α,β-unsaturated/α-hetero) is 1. The molecule has 114 valence electrons. The van der Waals surface area contributed by atoms with Gasteiger partial charge in [-0.2, -0.15) is 0 Å². The van der Waals surface area contributed by atoms with Crippen molar-refractivity contribution in [3.05, 3.63) is 41.7 Å². The first-order chi connectivity index (χ1) is 10.0. The summed E-state index contributed by atoms with van der Waals surface area (Å²) in [7, 11) is 1.69. The number of nitrogens with zero attached hydrogens (tertiary/aromatic N) is 1. The van der Waals surface area contributed by atoms with Gasteiger partial charge < -0.3 is 15.4 Å². The maximum Gasteiger partial charge on any atom is 0.160 e. The van der Waals surface area contributed by atoms with Crippen LogP contribution in [-0.2, 0) is 0 Å². The Morgan fingerprint density at radius 3 is 2.86 bits per heavy atom. The predicted octanol–water partition coefficient (Wildman–Crippen LogP) is 2.28. The maximum atomic E-state index is 11.3. The van der Waals surface area contributed by atoms with Crippen molar-refractivity contribution < 1.29 is 9.53 Å². The van der Waals surface area contributed by atoms with Crippen LogP contribution in [0.15, 0.2) is 35.6 Å². The number of carbonyl (C=O) groups is 1. The number of ketones is 1. The highest BCUT2D eigenvalue weighted by Gasteiger charge is 2.04. The zero-order valence-corrected chi connectivity index (χ0v) is 12.9. The molecule has 0 radical (unpaired) electrons. The lowest BCUT2D eigenvalue weighted by molar-refractivity contribution is 0.101. The molecule has 0 fully saturated rings. The highest BCUT2D eigenvalue weighted by molar-refractivity contribution is 5.95. The zero-order valence-electron chi connectivity index (χ0n) is 12.9. The Balaban J connectivity index is 2.28. The van der Waals surface area contributed by atoms with Gasteiger partial charge in [-0.25, -0.2) is 0 Å². The van der Waals surface area contributed by atoms with Gasteiger partial charge in [-0.15, -0.1) is 0 Å². The Bertz CT molecular complexity index is 524. The molecule has 0 saturated heterocycles. The molecule has 0 heterocycles. The predicted molar refractivity (Wildman–Crippen MR) is 86.0 cm³/mol. The molecule has 1 rings (SSSR count). The van der Waals surface area contributed by atoms with Gasteiger partial charge in [-0.3, -0.25) is 9.79 Å². The van der Waals surface area contributed by atoms with E-state index in [2.05, 4.69) is 22.2 Å². The number of ether oxygens (including phenoxy) is 1. The Kier molecular flexibility index (Phi) is 7.01. The second-order valence-corrected chi connectivity index (χ2v) is 4.67. The van der Waals surface area contributed by atoms with E-state index in [9.17, 15) is 4.79 Å². The summed E-state index contributed by atoms with van der Waals surface area (Å²) in [5.74, 6) is 1.57. The van der Waals surface area contributed by atoms with E-state index in [-0.39, 0.29) is 5.78 Å². The normalized spacial score (nSPS) is 10.4. The molecular weight excluding hydrogens is 266 g/mol. The Hall–Kier alpha value is -2.30. The van der Waals surface area contributed by atoms with Crippen molar-refractivity contribution in [2.24, 2.45) is 4.99 Å². The van der Waals surface area contributed by atoms with Gasteiger partial charge in [0.2, 0.25) is 0 Å². The third-order valence-electron chi connectivity index (χ3n) is 2.87. The van der Waals surface area contributed by atoms with Crippen LogP contribution in [0.4, 0.5) is 0 Å². The lowest BCUT2D eigenvalue weighted by Gasteiger charge is -2.11. The largest absolute Gasteiger partial charge is 0.494 e. The van der Waals surface area contributed by atoms with Gasteiger partial charge in [0, 0.05) is 19.2 Å². The Morgan fingerprint density at radius 2 is 2.24 bits per heavy atom. The molecule has 0 spiro atoms. The number of aryl methyl sites for hydroxylation is 1. The number of carbonyl (C=O) groups excluding carboxylic acids is 1. The highest BCUT2D eigenvalue weighted by atomic mass is 16.5. The average Bonchev–Trinajstić information content (AvgIpc) is 2.44. The molecule has 0 aliphatic carbocycles. The molecule has 0 saturated carbocycles. The minimum atomic E-state index is 0.0740. The molecule has 0 unspecified atom stereocenters. The number of hydrogen-bond acceptors (Lipinski definition) is 4. The van der Waals surface area contributed by atoms with Crippen molar-refractivity contribution in [3.63, 3.8) is 0 Å². The molecule has 21 heavy (non-hydrogen) atoms. The number of nitrogens with one attached hydrogen (secondary N) is 2. The lowest BCUT2D eigenvalue weighted by atomic mass is 10.1. The van der Waals surface area contributed by atoms with Crippen LogP contribution in [0, 0.1) is 6.92 Å². The van der Waals surface area contributed by atoms with Gasteiger partial charge in [0.1, 0.15) is 5.75 Å². The van der Waals surface area contributed by atoms with Crippen molar-refractivity contribution >= 4 is 12.1 Å². The molecule has 5 nitrogen and oxygen atoms in total. The van der Waals surface area contributed by atoms with E-state index < -0.39 is 0 Å². The average molecular weight is 289 g/mol. The Labute approximate surface area is 126 Å². The van der Waals surface area contributed by atoms with E-state index in [4.69, 9.17) is 4.74 Å². The van der Waals surface area contributed by atoms with E-state index in [1.165, 1.54) is 0 Å². The van der Waals surface area contributed by atoms with Gasteiger partial charge in [0.15, 0.2) is 5.78 Å². The van der Waals surface area contributed by atoms with Crippen LogP contribution in [0.1, 0.15) is 29.3 Å². The maximum absolute atomic E-state index is 11.3. The molecule has 0 bridgehead atoms. The molecule has 0 amide bonds. The Morgan fingerprint density at radius 1 is 1.48 bits per heavy atom. The number of rotatable bonds is 9. The first-order valence-corrected chi connectivity index (χ1v) is 6.89. The van der Waals surface area contributed by atoms with Gasteiger partial charge in [-0.05, 0) is 44.0 Å². The van der Waals surface area contributed by atoms with E-state index in [1.807, 2.05) is 19.1 Å². The summed E-state index contributed by atoms with van der Waals surface area (Å²) < 4.78 is 5.66. The summed E-state index contributed by atoms with van der Waals surface area (Å²) in [6, 6.07) is 5.53. The van der Waals surface area contributed by atoms with Crippen molar-refractivity contribution in [2.75, 3.05) is 20.2 Å². The van der Waals surface area contributed by atoms with Crippen LogP contribution >= 0.6 is 0 Å². The standard InChI is InChI=1S/C16H23N3O2/c1-12-10-15(6-7-16(12)13(2)20)21-9-5-8-18-14(3)19-11-17-4/h6-7,10-11,18H,3,5,8-9H2,1-2,4H3,(H,17,19). The highest BCUT2D eigenvalue weighted by Crippen LogP contribution is 2.17. The van der Waals surface area contributed by atoms with Gasteiger partial charge >= 0.3 is 0 Å². The fraction of sp³-hybridized carbons (Fsp3) is 0.375. The SMILES string of the molecule is C=C(NC=NC)NCCCOc1ccc(C(C)=O)c(C)c1. The molecule has 1 aromatic carbocycles. The van der Waals surface area contributed by atoms with E-state index in [1.54, 1.807) is 26.4 Å². The second-order valence-electron chi connectivity index (χ2n) is 4.67. The van der Waals surface area contributed by atoms with E-state index in [0.717, 1.165) is 29.8 Å². The molecule has 1 aromatic rings. The molecule has 0 aliphatic rings. The summed E-state index contributed by atoms with van der Waals surface area (Å²) in [5.41, 5.74) is 1.68. The molecule has 0 aromatic heterocycles. The number of aliphatic imine (C=N–C) groups is 1. The smallest absolute Gasteiger partial charge is 0.160 e. The van der Waals surface area contributed by atoms with E-state index in [0.29, 0.717) is 12.4 Å². The first-order valence-electron chi connectivity index (χ1n) is 6.89. The minimum Gasteiger partial charge on any atom is -0.494 e. The first kappa shape index (κ1) is 16.8.